The van der Waals surface area contributed by atoms with E-state index >= 15 is 0 Å². The highest BCUT2D eigenvalue weighted by atomic mass is 32.2. The summed E-state index contributed by atoms with van der Waals surface area (Å²) < 4.78 is 27.3. The molecule has 1 aromatic rings. The monoisotopic (exact) mass is 286 g/mol. The highest BCUT2D eigenvalue weighted by Gasteiger charge is 2.31. The van der Waals surface area contributed by atoms with E-state index < -0.39 is 10.0 Å². The minimum Gasteiger partial charge on any atom is -0.390 e. The third-order valence-electron chi connectivity index (χ3n) is 4.21. The van der Waals surface area contributed by atoms with Crippen molar-refractivity contribution >= 4 is 10.0 Å². The third kappa shape index (κ3) is 3.19. The van der Waals surface area contributed by atoms with Crippen molar-refractivity contribution in [2.75, 3.05) is 0 Å². The summed E-state index contributed by atoms with van der Waals surface area (Å²) in [5, 5.41) is 8.97. The highest BCUT2D eigenvalue weighted by molar-refractivity contribution is 7.89. The van der Waals surface area contributed by atoms with E-state index in [2.05, 4.69) is 23.6 Å². The molecule has 0 spiro atoms. The lowest BCUT2D eigenvalue weighted by Crippen LogP contribution is -2.43. The average Bonchev–Trinajstić information content (AvgIpc) is 2.84. The lowest BCUT2D eigenvalue weighted by atomic mass is 9.78. The maximum Gasteiger partial charge on any atom is 0.242 e. The van der Waals surface area contributed by atoms with E-state index in [-0.39, 0.29) is 17.5 Å². The smallest absolute Gasteiger partial charge is 0.242 e. The number of hydrogen-bond donors (Lipinski definition) is 3. The van der Waals surface area contributed by atoms with Gasteiger partial charge in [-0.25, -0.2) is 13.1 Å². The number of aliphatic hydroxyl groups is 1. The molecule has 0 saturated heterocycles. The summed E-state index contributed by atoms with van der Waals surface area (Å²) in [6.45, 7) is 4.09. The molecule has 1 fully saturated rings. The number of H-pyrrole nitrogens is 1. The first-order valence-electron chi connectivity index (χ1n) is 6.74. The fourth-order valence-electron chi connectivity index (χ4n) is 2.68. The van der Waals surface area contributed by atoms with Crippen LogP contribution in [-0.4, -0.2) is 24.6 Å². The molecule has 0 amide bonds. The van der Waals surface area contributed by atoms with Crippen molar-refractivity contribution in [3.05, 3.63) is 18.0 Å². The number of nitrogens with one attached hydrogen (secondary N) is 2. The quantitative estimate of drug-likeness (QED) is 0.786. The van der Waals surface area contributed by atoms with E-state index in [9.17, 15) is 8.42 Å². The predicted molar refractivity (Wildman–Crippen MR) is 73.0 cm³/mol. The largest absolute Gasteiger partial charge is 0.390 e. The first-order valence-corrected chi connectivity index (χ1v) is 8.23. The summed E-state index contributed by atoms with van der Waals surface area (Å²) in [6, 6.07) is 1.47. The molecule has 3 unspecified atom stereocenters. The molecular formula is C13H22N2O3S. The minimum atomic E-state index is -3.50. The van der Waals surface area contributed by atoms with Crippen molar-refractivity contribution in [2.24, 2.45) is 11.8 Å². The van der Waals surface area contributed by atoms with Crippen molar-refractivity contribution in [2.45, 2.75) is 50.7 Å². The van der Waals surface area contributed by atoms with Crippen molar-refractivity contribution in [3.63, 3.8) is 0 Å². The van der Waals surface area contributed by atoms with Crippen LogP contribution in [0.2, 0.25) is 0 Å². The van der Waals surface area contributed by atoms with Crippen LogP contribution in [0.25, 0.3) is 0 Å². The van der Waals surface area contributed by atoms with E-state index in [1.54, 1.807) is 0 Å². The molecule has 3 atom stereocenters. The number of aliphatic hydroxyl groups excluding tert-OH is 1. The van der Waals surface area contributed by atoms with Gasteiger partial charge in [-0.2, -0.15) is 0 Å². The topological polar surface area (TPSA) is 82.2 Å². The van der Waals surface area contributed by atoms with Crippen LogP contribution in [0, 0.1) is 11.8 Å². The molecule has 0 aliphatic heterocycles. The second kappa shape index (κ2) is 5.64. The molecular weight excluding hydrogens is 264 g/mol. The van der Waals surface area contributed by atoms with Gasteiger partial charge in [-0.15, -0.1) is 0 Å². The zero-order valence-electron chi connectivity index (χ0n) is 11.4. The molecule has 1 aromatic heterocycles. The lowest BCUT2D eigenvalue weighted by Gasteiger charge is -2.34. The Morgan fingerprint density at radius 2 is 2.16 bits per heavy atom. The van der Waals surface area contributed by atoms with E-state index in [0.717, 1.165) is 19.3 Å². The molecule has 3 N–H and O–H groups in total. The Hall–Kier alpha value is -0.850. The minimum absolute atomic E-state index is 0.00114. The van der Waals surface area contributed by atoms with Gasteiger partial charge in [-0.05, 0) is 24.3 Å². The zero-order chi connectivity index (χ0) is 14.0. The van der Waals surface area contributed by atoms with Crippen LogP contribution >= 0.6 is 0 Å². The van der Waals surface area contributed by atoms with E-state index in [4.69, 9.17) is 5.11 Å². The van der Waals surface area contributed by atoms with Crippen molar-refractivity contribution < 1.29 is 13.5 Å². The first kappa shape index (κ1) is 14.6. The maximum absolute atomic E-state index is 12.3. The SMILES string of the molecule is CC1CCCC(NS(=O)(=O)c2c[nH]c(CO)c2)C1C. The molecule has 2 rings (SSSR count). The van der Waals surface area contributed by atoms with E-state index in [1.807, 2.05) is 0 Å². The molecule has 0 bridgehead atoms. The summed E-state index contributed by atoms with van der Waals surface area (Å²) in [4.78, 5) is 2.95. The predicted octanol–water partition coefficient (Wildman–Crippen LogP) is 1.61. The molecule has 108 valence electrons. The second-order valence-corrected chi connectivity index (χ2v) is 7.23. The standard InChI is InChI=1S/C13H22N2O3S/c1-9-4-3-5-13(10(9)2)15-19(17,18)12-6-11(8-16)14-7-12/h6-7,9-10,13-16H,3-5,8H2,1-2H3. The maximum atomic E-state index is 12.3. The number of rotatable bonds is 4. The van der Waals surface area contributed by atoms with Gasteiger partial charge < -0.3 is 10.1 Å². The fraction of sp³-hybridized carbons (Fsp3) is 0.692. The molecule has 6 heteroatoms. The summed E-state index contributed by atoms with van der Waals surface area (Å²) in [5.74, 6) is 0.889. The van der Waals surface area contributed by atoms with Crippen molar-refractivity contribution in [1.82, 2.24) is 9.71 Å². The van der Waals surface area contributed by atoms with Crippen molar-refractivity contribution in [1.29, 1.82) is 0 Å². The summed E-state index contributed by atoms with van der Waals surface area (Å²) in [6.07, 6.45) is 4.54. The fourth-order valence-corrected chi connectivity index (χ4v) is 4.06. The van der Waals surface area contributed by atoms with Crippen molar-refractivity contribution in [3.8, 4) is 0 Å². The van der Waals surface area contributed by atoms with Crippen LogP contribution in [0.3, 0.4) is 0 Å². The van der Waals surface area contributed by atoms with Gasteiger partial charge in [0.1, 0.15) is 0 Å². The van der Waals surface area contributed by atoms with E-state index in [1.165, 1.54) is 12.3 Å². The Balaban J connectivity index is 2.12. The molecule has 1 saturated carbocycles. The number of aromatic amines is 1. The molecule has 5 nitrogen and oxygen atoms in total. The Labute approximate surface area is 114 Å². The van der Waals surface area contributed by atoms with Crippen LogP contribution in [0.15, 0.2) is 17.2 Å². The van der Waals surface area contributed by atoms with Crippen LogP contribution < -0.4 is 4.72 Å². The van der Waals surface area contributed by atoms with Crippen LogP contribution in [0.4, 0.5) is 0 Å². The Kier molecular flexibility index (Phi) is 4.32. The molecule has 1 aliphatic rings. The Morgan fingerprint density at radius 1 is 1.42 bits per heavy atom. The molecule has 1 heterocycles. The average molecular weight is 286 g/mol. The van der Waals surface area contributed by atoms with Gasteiger partial charge in [0, 0.05) is 17.9 Å². The van der Waals surface area contributed by atoms with Crippen LogP contribution in [0.5, 0.6) is 0 Å². The number of hydrogen-bond acceptors (Lipinski definition) is 3. The van der Waals surface area contributed by atoms with Gasteiger partial charge in [0.15, 0.2) is 0 Å². The number of aromatic nitrogens is 1. The van der Waals surface area contributed by atoms with Gasteiger partial charge in [-0.1, -0.05) is 26.7 Å². The number of sulfonamides is 1. The van der Waals surface area contributed by atoms with Gasteiger partial charge in [0.25, 0.3) is 0 Å². The van der Waals surface area contributed by atoms with Crippen LogP contribution in [0.1, 0.15) is 38.8 Å². The van der Waals surface area contributed by atoms with Gasteiger partial charge in [0.2, 0.25) is 10.0 Å². The lowest BCUT2D eigenvalue weighted by molar-refractivity contribution is 0.227. The van der Waals surface area contributed by atoms with E-state index in [0.29, 0.717) is 17.5 Å². The summed E-state index contributed by atoms with van der Waals surface area (Å²) >= 11 is 0. The van der Waals surface area contributed by atoms with Gasteiger partial charge in [0.05, 0.1) is 11.5 Å². The summed E-state index contributed by atoms with van der Waals surface area (Å²) in [5.41, 5.74) is 0.505. The molecule has 0 radical (unpaired) electrons. The molecule has 19 heavy (non-hydrogen) atoms. The zero-order valence-corrected chi connectivity index (χ0v) is 12.2. The Morgan fingerprint density at radius 3 is 2.79 bits per heavy atom. The van der Waals surface area contributed by atoms with Crippen LogP contribution in [-0.2, 0) is 16.6 Å². The van der Waals surface area contributed by atoms with Gasteiger partial charge in [-0.3, -0.25) is 0 Å². The second-order valence-electron chi connectivity index (χ2n) is 5.51. The molecule has 0 aromatic carbocycles. The third-order valence-corrected chi connectivity index (χ3v) is 5.68. The van der Waals surface area contributed by atoms with Gasteiger partial charge >= 0.3 is 0 Å². The molecule has 1 aliphatic carbocycles. The normalized spacial score (nSPS) is 28.5. The highest BCUT2D eigenvalue weighted by Crippen LogP contribution is 2.30. The first-order chi connectivity index (χ1) is 8.94. The summed E-state index contributed by atoms with van der Waals surface area (Å²) in [7, 11) is -3.50. The Bertz CT molecular complexity index is 524.